The van der Waals surface area contributed by atoms with Crippen LogP contribution in [-0.4, -0.2) is 59.1 Å². The van der Waals surface area contributed by atoms with Crippen molar-refractivity contribution in [2.45, 2.75) is 32.0 Å². The first-order chi connectivity index (χ1) is 12.2. The lowest BCUT2D eigenvalue weighted by molar-refractivity contribution is -0.101. The number of hydrogen-bond acceptors (Lipinski definition) is 5. The predicted molar refractivity (Wildman–Crippen MR) is 92.1 cm³/mol. The molecule has 2 aromatic rings. The second-order valence-electron chi connectivity index (χ2n) is 6.74. The van der Waals surface area contributed by atoms with Gasteiger partial charge >= 0.3 is 0 Å². The van der Waals surface area contributed by atoms with E-state index in [2.05, 4.69) is 16.0 Å². The molecule has 6 heteroatoms. The highest BCUT2D eigenvalue weighted by Gasteiger charge is 2.38. The van der Waals surface area contributed by atoms with Gasteiger partial charge in [0.25, 0.3) is 5.91 Å². The molecule has 0 bridgehead atoms. The monoisotopic (exact) mass is 341 g/mol. The Kier molecular flexibility index (Phi) is 4.55. The number of pyridine rings is 1. The normalized spacial score (nSPS) is 24.1. The van der Waals surface area contributed by atoms with E-state index in [9.17, 15) is 4.79 Å². The number of carbonyl (C=O) groups is 1. The third kappa shape index (κ3) is 3.32. The van der Waals surface area contributed by atoms with Crippen molar-refractivity contribution in [3.8, 4) is 0 Å². The molecule has 0 aromatic carbocycles. The molecule has 2 fully saturated rings. The number of carbonyl (C=O) groups excluding carboxylic acids is 1. The Hall–Kier alpha value is -2.18. The minimum Gasteiger partial charge on any atom is -0.469 e. The summed E-state index contributed by atoms with van der Waals surface area (Å²) in [6, 6.07) is 6.04. The van der Waals surface area contributed by atoms with Gasteiger partial charge in [-0.05, 0) is 31.0 Å². The SMILES string of the molecule is Cc1occc1C(=O)N1CC[C@@H]2OCCN(Cc3cccnc3)[C@H]2C1. The van der Waals surface area contributed by atoms with Crippen LogP contribution in [0.4, 0.5) is 0 Å². The highest BCUT2D eigenvalue weighted by atomic mass is 16.5. The highest BCUT2D eigenvalue weighted by molar-refractivity contribution is 5.95. The maximum atomic E-state index is 12.8. The summed E-state index contributed by atoms with van der Waals surface area (Å²) in [5.41, 5.74) is 1.85. The molecule has 0 unspecified atom stereocenters. The van der Waals surface area contributed by atoms with E-state index < -0.39 is 0 Å². The average molecular weight is 341 g/mol. The van der Waals surface area contributed by atoms with Crippen LogP contribution >= 0.6 is 0 Å². The zero-order valence-corrected chi connectivity index (χ0v) is 14.4. The number of morpholine rings is 1. The fourth-order valence-corrected chi connectivity index (χ4v) is 3.83. The Morgan fingerprint density at radius 2 is 2.28 bits per heavy atom. The zero-order valence-electron chi connectivity index (χ0n) is 14.4. The van der Waals surface area contributed by atoms with Crippen LogP contribution in [0.5, 0.6) is 0 Å². The van der Waals surface area contributed by atoms with Crippen LogP contribution in [0.1, 0.15) is 28.1 Å². The number of aryl methyl sites for hydroxylation is 1. The first kappa shape index (κ1) is 16.3. The van der Waals surface area contributed by atoms with Crippen molar-refractivity contribution >= 4 is 5.91 Å². The summed E-state index contributed by atoms with van der Waals surface area (Å²) in [6.07, 6.45) is 6.34. The van der Waals surface area contributed by atoms with Crippen LogP contribution in [0.3, 0.4) is 0 Å². The molecule has 25 heavy (non-hydrogen) atoms. The van der Waals surface area contributed by atoms with Crippen molar-refractivity contribution in [2.24, 2.45) is 0 Å². The Bertz CT molecular complexity index is 731. The predicted octanol–water partition coefficient (Wildman–Crippen LogP) is 2.10. The smallest absolute Gasteiger partial charge is 0.257 e. The molecule has 2 aromatic heterocycles. The van der Waals surface area contributed by atoms with E-state index in [1.807, 2.05) is 24.1 Å². The molecule has 2 atom stereocenters. The van der Waals surface area contributed by atoms with E-state index in [1.165, 1.54) is 5.56 Å². The largest absolute Gasteiger partial charge is 0.469 e. The maximum absolute atomic E-state index is 12.8. The number of ether oxygens (including phenoxy) is 1. The number of aromatic nitrogens is 1. The molecule has 132 valence electrons. The lowest BCUT2D eigenvalue weighted by Gasteiger charge is -2.47. The molecule has 4 rings (SSSR count). The van der Waals surface area contributed by atoms with E-state index in [0.29, 0.717) is 17.9 Å². The topological polar surface area (TPSA) is 58.8 Å². The first-order valence-corrected chi connectivity index (χ1v) is 8.80. The zero-order chi connectivity index (χ0) is 17.2. The second kappa shape index (κ2) is 6.98. The maximum Gasteiger partial charge on any atom is 0.257 e. The van der Waals surface area contributed by atoms with Crippen LogP contribution in [0.2, 0.25) is 0 Å². The molecule has 2 saturated heterocycles. The van der Waals surface area contributed by atoms with Gasteiger partial charge in [-0.1, -0.05) is 6.07 Å². The fraction of sp³-hybridized carbons (Fsp3) is 0.474. The Balaban J connectivity index is 1.49. The van der Waals surface area contributed by atoms with Crippen molar-refractivity contribution in [2.75, 3.05) is 26.2 Å². The van der Waals surface area contributed by atoms with Gasteiger partial charge in [0.05, 0.1) is 30.6 Å². The molecule has 0 spiro atoms. The Labute approximate surface area is 147 Å². The number of likely N-dealkylation sites (tertiary alicyclic amines) is 1. The lowest BCUT2D eigenvalue weighted by Crippen LogP contribution is -2.60. The van der Waals surface area contributed by atoms with Crippen molar-refractivity contribution < 1.29 is 13.9 Å². The van der Waals surface area contributed by atoms with Gasteiger partial charge in [0, 0.05) is 38.6 Å². The van der Waals surface area contributed by atoms with Gasteiger partial charge in [-0.25, -0.2) is 0 Å². The summed E-state index contributed by atoms with van der Waals surface area (Å²) in [7, 11) is 0. The minimum absolute atomic E-state index is 0.0524. The number of rotatable bonds is 3. The first-order valence-electron chi connectivity index (χ1n) is 8.80. The van der Waals surface area contributed by atoms with Crippen molar-refractivity contribution in [1.82, 2.24) is 14.8 Å². The molecule has 0 aliphatic carbocycles. The number of furan rings is 1. The van der Waals surface area contributed by atoms with E-state index >= 15 is 0 Å². The van der Waals surface area contributed by atoms with Crippen molar-refractivity contribution in [3.63, 3.8) is 0 Å². The van der Waals surface area contributed by atoms with Gasteiger partial charge in [0.15, 0.2) is 0 Å². The van der Waals surface area contributed by atoms with Crippen LogP contribution in [-0.2, 0) is 11.3 Å². The highest BCUT2D eigenvalue weighted by Crippen LogP contribution is 2.26. The van der Waals surface area contributed by atoms with E-state index in [-0.39, 0.29) is 18.1 Å². The van der Waals surface area contributed by atoms with Crippen LogP contribution in [0.15, 0.2) is 41.3 Å². The van der Waals surface area contributed by atoms with Gasteiger partial charge in [0.1, 0.15) is 5.76 Å². The number of amides is 1. The van der Waals surface area contributed by atoms with Crippen LogP contribution in [0, 0.1) is 6.92 Å². The number of piperidine rings is 1. The minimum atomic E-state index is 0.0524. The summed E-state index contributed by atoms with van der Waals surface area (Å²) >= 11 is 0. The number of nitrogens with zero attached hydrogens (tertiary/aromatic N) is 3. The molecule has 0 radical (unpaired) electrons. The van der Waals surface area contributed by atoms with E-state index in [1.54, 1.807) is 18.5 Å². The van der Waals surface area contributed by atoms with Crippen molar-refractivity contribution in [3.05, 3.63) is 53.7 Å². The fourth-order valence-electron chi connectivity index (χ4n) is 3.83. The third-order valence-corrected chi connectivity index (χ3v) is 5.18. The molecule has 6 nitrogen and oxygen atoms in total. The summed E-state index contributed by atoms with van der Waals surface area (Å²) in [5.74, 6) is 0.732. The summed E-state index contributed by atoms with van der Waals surface area (Å²) in [4.78, 5) is 21.4. The van der Waals surface area contributed by atoms with Gasteiger partial charge < -0.3 is 14.1 Å². The van der Waals surface area contributed by atoms with Crippen LogP contribution < -0.4 is 0 Å². The van der Waals surface area contributed by atoms with E-state index in [4.69, 9.17) is 9.15 Å². The molecule has 0 saturated carbocycles. The molecule has 1 amide bonds. The van der Waals surface area contributed by atoms with Gasteiger partial charge in [-0.3, -0.25) is 14.7 Å². The molecule has 0 N–H and O–H groups in total. The second-order valence-corrected chi connectivity index (χ2v) is 6.74. The van der Waals surface area contributed by atoms with Gasteiger partial charge in [-0.2, -0.15) is 0 Å². The molecular formula is C19H23N3O3. The van der Waals surface area contributed by atoms with Gasteiger partial charge in [0.2, 0.25) is 0 Å². The quantitative estimate of drug-likeness (QED) is 0.856. The Morgan fingerprint density at radius 3 is 3.04 bits per heavy atom. The average Bonchev–Trinajstić information content (AvgIpc) is 3.08. The van der Waals surface area contributed by atoms with Crippen molar-refractivity contribution in [1.29, 1.82) is 0 Å². The summed E-state index contributed by atoms with van der Waals surface area (Å²) in [6.45, 7) is 5.71. The van der Waals surface area contributed by atoms with Crippen LogP contribution in [0.25, 0.3) is 0 Å². The summed E-state index contributed by atoms with van der Waals surface area (Å²) < 4.78 is 11.3. The molecule has 2 aliphatic heterocycles. The summed E-state index contributed by atoms with van der Waals surface area (Å²) in [5, 5.41) is 0. The lowest BCUT2D eigenvalue weighted by atomic mass is 9.97. The van der Waals surface area contributed by atoms with Gasteiger partial charge in [-0.15, -0.1) is 0 Å². The number of fused-ring (bicyclic) bond motifs is 1. The number of hydrogen-bond donors (Lipinski definition) is 0. The van der Waals surface area contributed by atoms with E-state index in [0.717, 1.165) is 32.7 Å². The standard InChI is InChI=1S/C19H23N3O3/c1-14-16(5-9-24-14)19(23)22-7-4-18-17(13-22)21(8-10-25-18)12-15-3-2-6-20-11-15/h2-3,5-6,9,11,17-18H,4,7-8,10,12-13H2,1H3/t17-,18-/m0/s1. The molecule has 2 aliphatic rings. The molecular weight excluding hydrogens is 318 g/mol. The Morgan fingerprint density at radius 1 is 1.36 bits per heavy atom. The third-order valence-electron chi connectivity index (χ3n) is 5.18. The molecule has 4 heterocycles.